The van der Waals surface area contributed by atoms with Crippen molar-refractivity contribution in [3.63, 3.8) is 0 Å². The second-order valence-electron chi connectivity index (χ2n) is 7.73. The molecule has 0 aliphatic heterocycles. The summed E-state index contributed by atoms with van der Waals surface area (Å²) >= 11 is 6.30. The molecule has 0 aliphatic rings. The van der Waals surface area contributed by atoms with Crippen LogP contribution in [0.3, 0.4) is 0 Å². The van der Waals surface area contributed by atoms with E-state index >= 15 is 0 Å². The third kappa shape index (κ3) is 5.15. The number of nitrogens with one attached hydrogen (secondary N) is 1. The van der Waals surface area contributed by atoms with Gasteiger partial charge in [-0.3, -0.25) is 9.36 Å². The molecule has 2 heterocycles. The van der Waals surface area contributed by atoms with E-state index in [1.807, 2.05) is 19.9 Å². The number of hydrogen-bond acceptors (Lipinski definition) is 6. The number of nitrogens with zero attached hydrogens (tertiary/aromatic N) is 3. The second-order valence-corrected chi connectivity index (χ2v) is 8.14. The Balaban J connectivity index is 1.56. The van der Waals surface area contributed by atoms with Crippen molar-refractivity contribution in [1.29, 1.82) is 0 Å². The molecule has 2 aromatic heterocycles. The van der Waals surface area contributed by atoms with Crippen LogP contribution in [0.5, 0.6) is 5.75 Å². The smallest absolute Gasteiger partial charge is 0.304 e. The lowest BCUT2D eigenvalue weighted by Crippen LogP contribution is -2.17. The van der Waals surface area contributed by atoms with Gasteiger partial charge in [0.05, 0.1) is 23.1 Å². The summed E-state index contributed by atoms with van der Waals surface area (Å²) in [5.74, 6) is -0.319. The number of benzene rings is 2. The van der Waals surface area contributed by atoms with Crippen LogP contribution < -0.4 is 10.1 Å². The van der Waals surface area contributed by atoms with Gasteiger partial charge < -0.3 is 19.7 Å². The lowest BCUT2D eigenvalue weighted by atomic mass is 10.1. The van der Waals surface area contributed by atoms with E-state index in [1.54, 1.807) is 30.3 Å². The van der Waals surface area contributed by atoms with Gasteiger partial charge in [0.2, 0.25) is 0 Å². The van der Waals surface area contributed by atoms with Gasteiger partial charge in [-0.1, -0.05) is 17.7 Å². The van der Waals surface area contributed by atoms with E-state index in [0.717, 1.165) is 5.56 Å². The highest BCUT2D eigenvalue weighted by Crippen LogP contribution is 2.31. The SMILES string of the molecule is CC(C)Oc1ccc(-c2nc(-n3cc(F)c4cc(CNCCC(=O)O)ccc43)no2)cc1Cl. The van der Waals surface area contributed by atoms with Crippen LogP contribution in [0.15, 0.2) is 47.1 Å². The van der Waals surface area contributed by atoms with Gasteiger partial charge in [-0.25, -0.2) is 4.39 Å². The van der Waals surface area contributed by atoms with Crippen molar-refractivity contribution in [3.05, 3.63) is 59.0 Å². The van der Waals surface area contributed by atoms with E-state index in [-0.39, 0.29) is 24.4 Å². The fourth-order valence-corrected chi connectivity index (χ4v) is 3.58. The zero-order chi connectivity index (χ0) is 23.5. The first kappa shape index (κ1) is 22.8. The minimum Gasteiger partial charge on any atom is -0.489 e. The van der Waals surface area contributed by atoms with E-state index < -0.39 is 11.8 Å². The van der Waals surface area contributed by atoms with Crippen molar-refractivity contribution in [3.8, 4) is 23.2 Å². The minimum absolute atomic E-state index is 0.0127. The zero-order valence-electron chi connectivity index (χ0n) is 18.0. The highest BCUT2D eigenvalue weighted by atomic mass is 35.5. The molecule has 0 amide bonds. The van der Waals surface area contributed by atoms with Gasteiger partial charge in [-0.15, -0.1) is 0 Å². The number of hydrogen-bond donors (Lipinski definition) is 2. The van der Waals surface area contributed by atoms with Gasteiger partial charge in [0, 0.05) is 30.2 Å². The molecule has 8 nitrogen and oxygen atoms in total. The van der Waals surface area contributed by atoms with Gasteiger partial charge in [0.15, 0.2) is 0 Å². The summed E-state index contributed by atoms with van der Waals surface area (Å²) in [6, 6.07) is 10.5. The maximum atomic E-state index is 14.7. The Hall–Kier alpha value is -3.43. The fraction of sp³-hybridized carbons (Fsp3) is 0.261. The molecule has 0 saturated heterocycles. The Bertz CT molecular complexity index is 1300. The standard InChI is InChI=1S/C23H22ClFN4O4/c1-13(2)32-20-6-4-15(10-17(20)24)22-27-23(28-33-22)29-12-18(25)16-9-14(3-5-19(16)29)11-26-8-7-21(30)31/h3-6,9-10,12-13,26H,7-8,11H2,1-2H3,(H,30,31). The predicted molar refractivity (Wildman–Crippen MR) is 121 cm³/mol. The number of rotatable bonds is 9. The van der Waals surface area contributed by atoms with Crippen molar-refractivity contribution >= 4 is 28.5 Å². The Labute approximate surface area is 193 Å². The molecule has 0 unspecified atom stereocenters. The summed E-state index contributed by atoms with van der Waals surface area (Å²) in [6.45, 7) is 4.58. The van der Waals surface area contributed by atoms with Crippen molar-refractivity contribution in [1.82, 2.24) is 20.0 Å². The molecule has 10 heteroatoms. The molecule has 0 bridgehead atoms. The second kappa shape index (κ2) is 9.60. The molecule has 172 valence electrons. The quantitative estimate of drug-likeness (QED) is 0.336. The number of carboxylic acids is 1. The van der Waals surface area contributed by atoms with Crippen molar-refractivity contribution in [2.24, 2.45) is 0 Å². The Morgan fingerprint density at radius 2 is 2.12 bits per heavy atom. The molecule has 2 N–H and O–H groups in total. The molecule has 33 heavy (non-hydrogen) atoms. The Morgan fingerprint density at radius 3 is 2.85 bits per heavy atom. The maximum absolute atomic E-state index is 14.7. The number of fused-ring (bicyclic) bond motifs is 1. The van der Waals surface area contributed by atoms with Crippen LogP contribution >= 0.6 is 11.6 Å². The predicted octanol–water partition coefficient (Wildman–Crippen LogP) is 4.82. The molecule has 0 radical (unpaired) electrons. The summed E-state index contributed by atoms with van der Waals surface area (Å²) in [7, 11) is 0. The molecule has 2 aromatic carbocycles. The van der Waals surface area contributed by atoms with E-state index in [2.05, 4.69) is 15.5 Å². The summed E-state index contributed by atoms with van der Waals surface area (Å²) < 4.78 is 27.2. The molecular formula is C23H22ClFN4O4. The van der Waals surface area contributed by atoms with E-state index in [4.69, 9.17) is 26.0 Å². The van der Waals surface area contributed by atoms with Crippen molar-refractivity contribution < 1.29 is 23.6 Å². The maximum Gasteiger partial charge on any atom is 0.304 e. The van der Waals surface area contributed by atoms with Gasteiger partial charge in [-0.2, -0.15) is 4.98 Å². The monoisotopic (exact) mass is 472 g/mol. The topological polar surface area (TPSA) is 102 Å². The van der Waals surface area contributed by atoms with Gasteiger partial charge in [-0.05, 0) is 54.9 Å². The molecule has 4 rings (SSSR count). The van der Waals surface area contributed by atoms with Gasteiger partial charge in [0.25, 0.3) is 11.8 Å². The zero-order valence-corrected chi connectivity index (χ0v) is 18.8. The number of aromatic nitrogens is 3. The lowest BCUT2D eigenvalue weighted by molar-refractivity contribution is -0.136. The highest BCUT2D eigenvalue weighted by molar-refractivity contribution is 6.32. The van der Waals surface area contributed by atoms with Crippen LogP contribution in [0.4, 0.5) is 4.39 Å². The summed E-state index contributed by atoms with van der Waals surface area (Å²) in [5, 5.41) is 16.5. The Kier molecular flexibility index (Phi) is 6.62. The molecule has 0 saturated carbocycles. The van der Waals surface area contributed by atoms with E-state index in [0.29, 0.717) is 40.3 Å². The number of carboxylic acid groups (broad SMARTS) is 1. The normalized spacial score (nSPS) is 11.4. The molecule has 0 aliphatic carbocycles. The fourth-order valence-electron chi connectivity index (χ4n) is 3.35. The van der Waals surface area contributed by atoms with E-state index in [9.17, 15) is 9.18 Å². The first-order valence-electron chi connectivity index (χ1n) is 10.3. The number of carbonyl (C=O) groups is 1. The minimum atomic E-state index is -0.873. The Morgan fingerprint density at radius 1 is 1.30 bits per heavy atom. The largest absolute Gasteiger partial charge is 0.489 e. The highest BCUT2D eigenvalue weighted by Gasteiger charge is 2.17. The lowest BCUT2D eigenvalue weighted by Gasteiger charge is -2.11. The van der Waals surface area contributed by atoms with Crippen LogP contribution in [-0.4, -0.2) is 38.4 Å². The first-order chi connectivity index (χ1) is 15.8. The van der Waals surface area contributed by atoms with Crippen LogP contribution in [0.25, 0.3) is 28.3 Å². The summed E-state index contributed by atoms with van der Waals surface area (Å²) in [5.41, 5.74) is 2.02. The number of halogens is 2. The summed E-state index contributed by atoms with van der Waals surface area (Å²) in [4.78, 5) is 15.0. The molecule has 0 fully saturated rings. The number of ether oxygens (including phenoxy) is 1. The van der Waals surface area contributed by atoms with Gasteiger partial charge in [0.1, 0.15) is 11.6 Å². The average Bonchev–Trinajstić information content (AvgIpc) is 3.37. The molecule has 4 aromatic rings. The molecular weight excluding hydrogens is 451 g/mol. The van der Waals surface area contributed by atoms with E-state index in [1.165, 1.54) is 10.8 Å². The number of aliphatic carboxylic acids is 1. The van der Waals surface area contributed by atoms with Gasteiger partial charge >= 0.3 is 5.97 Å². The molecule has 0 atom stereocenters. The van der Waals surface area contributed by atoms with Crippen molar-refractivity contribution in [2.45, 2.75) is 32.9 Å². The molecule has 0 spiro atoms. The average molecular weight is 473 g/mol. The van der Waals surface area contributed by atoms with Crippen LogP contribution in [-0.2, 0) is 11.3 Å². The van der Waals surface area contributed by atoms with Crippen LogP contribution in [0.2, 0.25) is 5.02 Å². The van der Waals surface area contributed by atoms with Crippen LogP contribution in [0, 0.1) is 5.82 Å². The third-order valence-corrected chi connectivity index (χ3v) is 5.13. The summed E-state index contributed by atoms with van der Waals surface area (Å²) in [6.07, 6.45) is 1.31. The third-order valence-electron chi connectivity index (χ3n) is 4.84. The van der Waals surface area contributed by atoms with Crippen LogP contribution in [0.1, 0.15) is 25.8 Å². The van der Waals surface area contributed by atoms with Crippen molar-refractivity contribution in [2.75, 3.05) is 6.54 Å². The first-order valence-corrected chi connectivity index (χ1v) is 10.7.